The van der Waals surface area contributed by atoms with Crippen LogP contribution in [0.4, 0.5) is 0 Å². The van der Waals surface area contributed by atoms with Crippen molar-refractivity contribution >= 4 is 15.8 Å². The second-order valence-electron chi connectivity index (χ2n) is 9.56. The summed E-state index contributed by atoms with van der Waals surface area (Å²) in [7, 11) is -3.76. The normalized spacial score (nSPS) is 20.4. The monoisotopic (exact) mass is 443 g/mol. The van der Waals surface area contributed by atoms with Crippen LogP contribution in [-0.2, 0) is 25.9 Å². The molecule has 6 heteroatoms. The molecule has 2 aromatic rings. The molecule has 1 fully saturated rings. The van der Waals surface area contributed by atoms with Crippen molar-refractivity contribution < 1.29 is 17.9 Å². The van der Waals surface area contributed by atoms with E-state index in [0.29, 0.717) is 25.9 Å². The minimum atomic E-state index is -3.76. The molecule has 0 spiro atoms. The van der Waals surface area contributed by atoms with Crippen molar-refractivity contribution in [3.63, 3.8) is 0 Å². The molecule has 0 bridgehead atoms. The van der Waals surface area contributed by atoms with Crippen molar-refractivity contribution in [1.29, 1.82) is 0 Å². The first-order valence-corrected chi connectivity index (χ1v) is 12.3. The van der Waals surface area contributed by atoms with Crippen molar-refractivity contribution in [1.82, 2.24) is 4.90 Å². The van der Waals surface area contributed by atoms with Crippen LogP contribution in [0.5, 0.6) is 0 Å². The zero-order chi connectivity index (χ0) is 22.7. The molecule has 0 aliphatic carbocycles. The van der Waals surface area contributed by atoms with Crippen LogP contribution in [0.15, 0.2) is 59.5 Å². The van der Waals surface area contributed by atoms with Gasteiger partial charge in [0.15, 0.2) is 9.84 Å². The maximum absolute atomic E-state index is 13.9. The van der Waals surface area contributed by atoms with Gasteiger partial charge in [0.25, 0.3) is 0 Å². The van der Waals surface area contributed by atoms with Gasteiger partial charge in [0.05, 0.1) is 16.1 Å². The number of hydrogen-bond acceptors (Lipinski definition) is 5. The highest BCUT2D eigenvalue weighted by Crippen LogP contribution is 2.38. The number of sulfone groups is 1. The van der Waals surface area contributed by atoms with Crippen LogP contribution < -0.4 is 0 Å². The van der Waals surface area contributed by atoms with E-state index in [1.165, 1.54) is 0 Å². The van der Waals surface area contributed by atoms with Gasteiger partial charge < -0.3 is 4.74 Å². The van der Waals surface area contributed by atoms with Crippen LogP contribution in [0.1, 0.15) is 51.2 Å². The van der Waals surface area contributed by atoms with Crippen molar-refractivity contribution in [2.75, 3.05) is 13.1 Å². The predicted molar refractivity (Wildman–Crippen MR) is 123 cm³/mol. The average Bonchev–Trinajstić information content (AvgIpc) is 2.67. The Hall–Kier alpha value is -2.18. The van der Waals surface area contributed by atoms with Crippen LogP contribution in [0.3, 0.4) is 0 Å². The lowest BCUT2D eigenvalue weighted by molar-refractivity contribution is -0.156. The van der Waals surface area contributed by atoms with Crippen LogP contribution in [0.25, 0.3) is 0 Å². The molecule has 31 heavy (non-hydrogen) atoms. The standard InChI is InChI=1S/C25H33NO4S/c1-20-11-13-22(14-12-20)31(28,29)25(17-23(27)30-24(2,3)4)15-8-16-26(19-25)18-21-9-6-5-7-10-21/h5-7,9-14H,8,15-19H2,1-4H3/t25-/m1/s1. The predicted octanol–water partition coefficient (Wildman–Crippen LogP) is 4.54. The second-order valence-corrected chi connectivity index (χ2v) is 11.9. The fourth-order valence-electron chi connectivity index (χ4n) is 4.23. The maximum atomic E-state index is 13.9. The highest BCUT2D eigenvalue weighted by Gasteiger charge is 2.49. The molecule has 1 heterocycles. The van der Waals surface area contributed by atoms with E-state index in [-0.39, 0.29) is 11.3 Å². The molecule has 5 nitrogen and oxygen atoms in total. The molecule has 0 amide bonds. The lowest BCUT2D eigenvalue weighted by Crippen LogP contribution is -2.54. The van der Waals surface area contributed by atoms with Gasteiger partial charge in [-0.05, 0) is 64.8 Å². The van der Waals surface area contributed by atoms with Gasteiger partial charge in [-0.15, -0.1) is 0 Å². The summed E-state index contributed by atoms with van der Waals surface area (Å²) in [5.74, 6) is -0.468. The Morgan fingerprint density at radius 2 is 1.71 bits per heavy atom. The lowest BCUT2D eigenvalue weighted by atomic mass is 9.93. The van der Waals surface area contributed by atoms with Gasteiger partial charge in [-0.3, -0.25) is 9.69 Å². The molecule has 0 aromatic heterocycles. The molecule has 0 radical (unpaired) electrons. The van der Waals surface area contributed by atoms with Crippen LogP contribution >= 0.6 is 0 Å². The minimum absolute atomic E-state index is 0.147. The summed E-state index contributed by atoms with van der Waals surface area (Å²) in [4.78, 5) is 15.2. The number of esters is 1. The summed E-state index contributed by atoms with van der Waals surface area (Å²) < 4.78 is 32.1. The van der Waals surface area contributed by atoms with Crippen LogP contribution in [0.2, 0.25) is 0 Å². The Bertz CT molecular complexity index is 994. The van der Waals surface area contributed by atoms with E-state index >= 15 is 0 Å². The summed E-state index contributed by atoms with van der Waals surface area (Å²) in [6.45, 7) is 9.08. The number of aryl methyl sites for hydroxylation is 1. The first kappa shape index (κ1) is 23.5. The summed E-state index contributed by atoms with van der Waals surface area (Å²) in [5.41, 5.74) is 1.46. The molecule has 0 saturated carbocycles. The van der Waals surface area contributed by atoms with E-state index in [2.05, 4.69) is 4.90 Å². The topological polar surface area (TPSA) is 63.7 Å². The van der Waals surface area contributed by atoms with Crippen LogP contribution in [0, 0.1) is 6.92 Å². The maximum Gasteiger partial charge on any atom is 0.307 e. The molecular formula is C25H33NO4S. The summed E-state index contributed by atoms with van der Waals surface area (Å²) in [6, 6.07) is 16.9. The van der Waals surface area contributed by atoms with E-state index < -0.39 is 26.2 Å². The molecule has 2 aromatic carbocycles. The molecule has 1 aliphatic rings. The first-order chi connectivity index (χ1) is 14.5. The number of likely N-dealkylation sites (tertiary alicyclic amines) is 1. The van der Waals surface area contributed by atoms with Gasteiger partial charge in [-0.25, -0.2) is 8.42 Å². The SMILES string of the molecule is Cc1ccc(S(=O)(=O)[C@@]2(CC(=O)OC(C)(C)C)CCCN(Cc3ccccc3)C2)cc1. The number of benzene rings is 2. The second kappa shape index (κ2) is 9.13. The molecule has 1 aliphatic heterocycles. The van der Waals surface area contributed by atoms with Gasteiger partial charge in [0.2, 0.25) is 0 Å². The number of nitrogens with zero attached hydrogens (tertiary/aromatic N) is 1. The van der Waals surface area contributed by atoms with E-state index in [9.17, 15) is 13.2 Å². The zero-order valence-corrected chi connectivity index (χ0v) is 19.7. The Kier molecular flexibility index (Phi) is 6.92. The molecule has 1 saturated heterocycles. The summed E-state index contributed by atoms with van der Waals surface area (Å²) in [6.07, 6.45) is 1.00. The smallest absolute Gasteiger partial charge is 0.307 e. The molecule has 0 N–H and O–H groups in total. The quantitative estimate of drug-likeness (QED) is 0.614. The molecular weight excluding hydrogens is 410 g/mol. The third-order valence-electron chi connectivity index (χ3n) is 5.66. The Morgan fingerprint density at radius 1 is 1.06 bits per heavy atom. The average molecular weight is 444 g/mol. The van der Waals surface area contributed by atoms with Gasteiger partial charge in [-0.1, -0.05) is 48.0 Å². The highest BCUT2D eigenvalue weighted by atomic mass is 32.2. The van der Waals surface area contributed by atoms with Crippen molar-refractivity contribution in [3.05, 3.63) is 65.7 Å². The highest BCUT2D eigenvalue weighted by molar-refractivity contribution is 7.93. The third kappa shape index (κ3) is 5.74. The minimum Gasteiger partial charge on any atom is -0.460 e. The molecule has 0 unspecified atom stereocenters. The Labute approximate surface area is 186 Å². The Morgan fingerprint density at radius 3 is 2.32 bits per heavy atom. The van der Waals surface area contributed by atoms with E-state index in [0.717, 1.165) is 17.7 Å². The van der Waals surface area contributed by atoms with E-state index in [4.69, 9.17) is 4.74 Å². The fraction of sp³-hybridized carbons (Fsp3) is 0.480. The van der Waals surface area contributed by atoms with Crippen molar-refractivity contribution in [2.24, 2.45) is 0 Å². The van der Waals surface area contributed by atoms with Gasteiger partial charge in [0, 0.05) is 13.1 Å². The van der Waals surface area contributed by atoms with Gasteiger partial charge in [-0.2, -0.15) is 0 Å². The van der Waals surface area contributed by atoms with Gasteiger partial charge >= 0.3 is 5.97 Å². The van der Waals surface area contributed by atoms with Crippen LogP contribution in [-0.4, -0.2) is 42.7 Å². The number of carbonyl (C=O) groups excluding carboxylic acids is 1. The fourth-order valence-corrected chi connectivity index (χ4v) is 6.30. The van der Waals surface area contributed by atoms with Gasteiger partial charge in [0.1, 0.15) is 5.60 Å². The molecule has 3 rings (SSSR count). The number of hydrogen-bond donors (Lipinski definition) is 0. The summed E-state index contributed by atoms with van der Waals surface area (Å²) >= 11 is 0. The lowest BCUT2D eigenvalue weighted by Gasteiger charge is -2.42. The molecule has 168 valence electrons. The zero-order valence-electron chi connectivity index (χ0n) is 18.9. The number of ether oxygens (including phenoxy) is 1. The van der Waals surface area contributed by atoms with E-state index in [1.807, 2.05) is 37.3 Å². The molecule has 1 atom stereocenters. The van der Waals surface area contributed by atoms with E-state index in [1.54, 1.807) is 45.0 Å². The Balaban J connectivity index is 1.95. The first-order valence-electron chi connectivity index (χ1n) is 10.8. The van der Waals surface area contributed by atoms with Crippen molar-refractivity contribution in [2.45, 2.75) is 68.7 Å². The number of carbonyl (C=O) groups is 1. The number of piperidine rings is 1. The third-order valence-corrected chi connectivity index (χ3v) is 8.17. The largest absolute Gasteiger partial charge is 0.460 e. The number of rotatable bonds is 6. The van der Waals surface area contributed by atoms with Crippen molar-refractivity contribution in [3.8, 4) is 0 Å². The summed E-state index contributed by atoms with van der Waals surface area (Å²) in [5, 5.41) is 0.